The van der Waals surface area contributed by atoms with Gasteiger partial charge in [0.25, 0.3) is 0 Å². The lowest BCUT2D eigenvalue weighted by molar-refractivity contribution is -0.0328. The van der Waals surface area contributed by atoms with Crippen molar-refractivity contribution in [3.63, 3.8) is 0 Å². The Morgan fingerprint density at radius 1 is 1.13 bits per heavy atom. The van der Waals surface area contributed by atoms with Crippen molar-refractivity contribution in [1.82, 2.24) is 5.09 Å². The molecular formula is C18H28NO3P. The first-order valence-electron chi connectivity index (χ1n) is 8.64. The van der Waals surface area contributed by atoms with Crippen LogP contribution in [0.15, 0.2) is 30.3 Å². The van der Waals surface area contributed by atoms with Gasteiger partial charge in [-0.15, -0.1) is 0 Å². The van der Waals surface area contributed by atoms with Gasteiger partial charge in [0.15, 0.2) is 0 Å². The molecule has 0 heterocycles. The third-order valence-electron chi connectivity index (χ3n) is 5.16. The third kappa shape index (κ3) is 4.17. The van der Waals surface area contributed by atoms with E-state index in [1.54, 1.807) is 19.2 Å². The molecule has 2 aliphatic rings. The second kappa shape index (κ2) is 6.58. The first kappa shape index (κ1) is 17.0. The third-order valence-corrected chi connectivity index (χ3v) is 6.84. The molecule has 0 aromatic heterocycles. The summed E-state index contributed by atoms with van der Waals surface area (Å²) in [6.45, 7) is 4.44. The Bertz CT molecular complexity index is 559. The highest BCUT2D eigenvalue weighted by Gasteiger charge is 2.45. The fraction of sp³-hybridized carbons (Fsp3) is 0.667. The van der Waals surface area contributed by atoms with Gasteiger partial charge in [0.05, 0.1) is 5.60 Å². The second-order valence-corrected chi connectivity index (χ2v) is 9.43. The predicted molar refractivity (Wildman–Crippen MR) is 92.5 cm³/mol. The van der Waals surface area contributed by atoms with Crippen molar-refractivity contribution in [2.24, 2.45) is 17.8 Å². The van der Waals surface area contributed by atoms with E-state index < -0.39 is 7.75 Å². The van der Waals surface area contributed by atoms with E-state index >= 15 is 0 Å². The summed E-state index contributed by atoms with van der Waals surface area (Å²) < 4.78 is 24.9. The molecule has 2 aliphatic carbocycles. The molecule has 3 atom stereocenters. The molecule has 0 radical (unpaired) electrons. The Balaban J connectivity index is 1.72. The smallest absolute Gasteiger partial charge is 0.413 e. The molecule has 128 valence electrons. The van der Waals surface area contributed by atoms with Crippen molar-refractivity contribution in [3.8, 4) is 5.75 Å². The Kier molecular flexibility index (Phi) is 4.87. The van der Waals surface area contributed by atoms with Gasteiger partial charge in [0.2, 0.25) is 0 Å². The summed E-state index contributed by atoms with van der Waals surface area (Å²) in [6, 6.07) is 9.23. The molecule has 23 heavy (non-hydrogen) atoms. The summed E-state index contributed by atoms with van der Waals surface area (Å²) in [5, 5.41) is 2.79. The van der Waals surface area contributed by atoms with E-state index in [4.69, 9.17) is 9.05 Å². The second-order valence-electron chi connectivity index (χ2n) is 7.62. The molecule has 2 saturated carbocycles. The lowest BCUT2D eigenvalue weighted by Gasteiger charge is -2.47. The first-order chi connectivity index (χ1) is 10.9. The standard InChI is InChI=1S/C18H28NO3P/c1-14-9-15-11-16(10-14)13-18(2,12-15)22-23(20,19-3)21-17-7-5-4-6-8-17/h4-8,14-16H,9-13H2,1-3H3,(H,19,20). The molecule has 2 bridgehead atoms. The number of hydrogen-bond acceptors (Lipinski definition) is 3. The van der Waals surface area contributed by atoms with Gasteiger partial charge in [-0.1, -0.05) is 25.1 Å². The summed E-state index contributed by atoms with van der Waals surface area (Å²) >= 11 is 0. The monoisotopic (exact) mass is 337 g/mol. The molecule has 0 saturated heterocycles. The highest BCUT2D eigenvalue weighted by atomic mass is 31.2. The van der Waals surface area contributed by atoms with Crippen LogP contribution in [-0.4, -0.2) is 12.6 Å². The number of fused-ring (bicyclic) bond motifs is 2. The zero-order valence-electron chi connectivity index (χ0n) is 14.3. The van der Waals surface area contributed by atoms with Gasteiger partial charge in [0.1, 0.15) is 5.75 Å². The maximum absolute atomic E-state index is 13.1. The van der Waals surface area contributed by atoms with E-state index in [2.05, 4.69) is 18.9 Å². The largest absolute Gasteiger partial charge is 0.458 e. The normalized spacial score (nSPS) is 36.2. The van der Waals surface area contributed by atoms with E-state index in [9.17, 15) is 4.57 Å². The van der Waals surface area contributed by atoms with E-state index in [-0.39, 0.29) is 5.60 Å². The fourth-order valence-corrected chi connectivity index (χ4v) is 5.98. The average Bonchev–Trinajstić information content (AvgIpc) is 2.46. The van der Waals surface area contributed by atoms with Gasteiger partial charge < -0.3 is 4.52 Å². The molecule has 1 N–H and O–H groups in total. The Hall–Kier alpha value is -0.830. The molecule has 3 unspecified atom stereocenters. The topological polar surface area (TPSA) is 47.6 Å². The maximum Gasteiger partial charge on any atom is 0.458 e. The molecule has 4 nitrogen and oxygen atoms in total. The van der Waals surface area contributed by atoms with Gasteiger partial charge in [-0.05, 0) is 76.0 Å². The Morgan fingerprint density at radius 3 is 2.30 bits per heavy atom. The SMILES string of the molecule is CNP(=O)(Oc1ccccc1)OC1(C)CC2CC(C)CC(C2)C1. The summed E-state index contributed by atoms with van der Waals surface area (Å²) in [6.07, 6.45) is 5.76. The van der Waals surface area contributed by atoms with Crippen LogP contribution in [0.5, 0.6) is 5.75 Å². The minimum Gasteiger partial charge on any atom is -0.413 e. The zero-order chi connectivity index (χ0) is 16.5. The van der Waals surface area contributed by atoms with Crippen molar-refractivity contribution in [2.75, 3.05) is 7.05 Å². The first-order valence-corrected chi connectivity index (χ1v) is 10.2. The number of hydrogen-bond donors (Lipinski definition) is 1. The molecule has 5 heteroatoms. The van der Waals surface area contributed by atoms with Gasteiger partial charge in [0, 0.05) is 0 Å². The lowest BCUT2D eigenvalue weighted by Crippen LogP contribution is -2.42. The highest BCUT2D eigenvalue weighted by molar-refractivity contribution is 7.52. The predicted octanol–water partition coefficient (Wildman–Crippen LogP) is 5.01. The molecule has 1 aromatic carbocycles. The van der Waals surface area contributed by atoms with Crippen LogP contribution in [0.2, 0.25) is 0 Å². The molecule has 1 aromatic rings. The summed E-state index contributed by atoms with van der Waals surface area (Å²) in [7, 11) is -1.72. The molecule has 3 rings (SSSR count). The van der Waals surface area contributed by atoms with Crippen LogP contribution >= 0.6 is 7.75 Å². The Labute approximate surface area is 139 Å². The summed E-state index contributed by atoms with van der Waals surface area (Å²) in [4.78, 5) is 0. The van der Waals surface area contributed by atoms with Gasteiger partial charge in [-0.25, -0.2) is 9.65 Å². The number of rotatable bonds is 5. The molecule has 2 fully saturated rings. The quantitative estimate of drug-likeness (QED) is 0.767. The molecular weight excluding hydrogens is 309 g/mol. The van der Waals surface area contributed by atoms with Gasteiger partial charge >= 0.3 is 7.75 Å². The van der Waals surface area contributed by atoms with E-state index in [1.165, 1.54) is 19.3 Å². The van der Waals surface area contributed by atoms with E-state index in [0.29, 0.717) is 17.6 Å². The summed E-state index contributed by atoms with van der Waals surface area (Å²) in [5.74, 6) is 2.74. The van der Waals surface area contributed by atoms with Crippen molar-refractivity contribution in [3.05, 3.63) is 30.3 Å². The minimum absolute atomic E-state index is 0.374. The van der Waals surface area contributed by atoms with Gasteiger partial charge in [-0.3, -0.25) is 4.52 Å². The maximum atomic E-state index is 13.1. The van der Waals surface area contributed by atoms with Crippen LogP contribution in [0.4, 0.5) is 0 Å². The van der Waals surface area contributed by atoms with Gasteiger partial charge in [-0.2, -0.15) is 0 Å². The molecule has 0 spiro atoms. The molecule has 0 aliphatic heterocycles. The number of benzene rings is 1. The van der Waals surface area contributed by atoms with Crippen molar-refractivity contribution < 1.29 is 13.6 Å². The average molecular weight is 337 g/mol. The van der Waals surface area contributed by atoms with Crippen LogP contribution < -0.4 is 9.61 Å². The zero-order valence-corrected chi connectivity index (χ0v) is 15.2. The number of nitrogens with one attached hydrogen (secondary N) is 1. The number of para-hydroxylation sites is 1. The van der Waals surface area contributed by atoms with Crippen molar-refractivity contribution in [2.45, 2.75) is 51.6 Å². The summed E-state index contributed by atoms with van der Waals surface area (Å²) in [5.41, 5.74) is -0.374. The fourth-order valence-electron chi connectivity index (χ4n) is 4.63. The van der Waals surface area contributed by atoms with Crippen LogP contribution in [0.3, 0.4) is 0 Å². The minimum atomic E-state index is -3.36. The van der Waals surface area contributed by atoms with Crippen molar-refractivity contribution >= 4 is 7.75 Å². The Morgan fingerprint density at radius 2 is 1.74 bits per heavy atom. The van der Waals surface area contributed by atoms with Crippen LogP contribution in [0.25, 0.3) is 0 Å². The van der Waals surface area contributed by atoms with Crippen LogP contribution in [0.1, 0.15) is 46.0 Å². The van der Waals surface area contributed by atoms with Crippen molar-refractivity contribution in [1.29, 1.82) is 0 Å². The van der Waals surface area contributed by atoms with Crippen LogP contribution in [0, 0.1) is 17.8 Å². The van der Waals surface area contributed by atoms with Crippen LogP contribution in [-0.2, 0) is 9.09 Å². The van der Waals surface area contributed by atoms with E-state index in [0.717, 1.165) is 18.8 Å². The highest BCUT2D eigenvalue weighted by Crippen LogP contribution is 2.55. The lowest BCUT2D eigenvalue weighted by atomic mass is 9.64. The van der Waals surface area contributed by atoms with E-state index in [1.807, 2.05) is 18.2 Å². The molecule has 0 amide bonds.